The van der Waals surface area contributed by atoms with Crippen LogP contribution in [0.5, 0.6) is 0 Å². The van der Waals surface area contributed by atoms with E-state index < -0.39 is 0 Å². The third-order valence-electron chi connectivity index (χ3n) is 1.38. The molecule has 9 heavy (non-hydrogen) atoms. The van der Waals surface area contributed by atoms with E-state index in [1.807, 2.05) is 0 Å². The average molecular weight is 127 g/mol. The fraction of sp³-hybridized carbons (Fsp3) is 0.667. The quantitative estimate of drug-likeness (QED) is 0.429. The van der Waals surface area contributed by atoms with E-state index in [1.54, 1.807) is 5.94 Å². The summed E-state index contributed by atoms with van der Waals surface area (Å²) in [6, 6.07) is 0. The molecule has 1 aliphatic rings. The Balaban J connectivity index is 2.51. The van der Waals surface area contributed by atoms with Crippen molar-refractivity contribution in [2.75, 3.05) is 6.54 Å². The molecular weight excluding hydrogens is 118 g/mol. The zero-order chi connectivity index (χ0) is 6.69. The SMILES string of the molecule is O=C=C1CC(O)CCN1. The standard InChI is InChI=1S/C6H9NO2/c8-4-5-3-6(9)1-2-7-5/h6-7,9H,1-3H2. The lowest BCUT2D eigenvalue weighted by Crippen LogP contribution is -2.29. The Morgan fingerprint density at radius 1 is 1.78 bits per heavy atom. The molecule has 1 unspecified atom stereocenters. The number of aliphatic hydroxyl groups excluding tert-OH is 1. The van der Waals surface area contributed by atoms with Gasteiger partial charge in [0.15, 0.2) is 0 Å². The summed E-state index contributed by atoms with van der Waals surface area (Å²) in [5.41, 5.74) is 0.494. The highest BCUT2D eigenvalue weighted by Gasteiger charge is 2.13. The van der Waals surface area contributed by atoms with Gasteiger partial charge in [0.2, 0.25) is 0 Å². The third kappa shape index (κ3) is 1.56. The van der Waals surface area contributed by atoms with Crippen molar-refractivity contribution in [2.45, 2.75) is 18.9 Å². The van der Waals surface area contributed by atoms with Gasteiger partial charge in [0, 0.05) is 13.0 Å². The van der Waals surface area contributed by atoms with Crippen LogP contribution in [-0.4, -0.2) is 23.7 Å². The fourth-order valence-electron chi connectivity index (χ4n) is 0.877. The van der Waals surface area contributed by atoms with Crippen LogP contribution in [0.2, 0.25) is 0 Å². The highest BCUT2D eigenvalue weighted by Crippen LogP contribution is 2.07. The van der Waals surface area contributed by atoms with Crippen LogP contribution in [0.3, 0.4) is 0 Å². The molecule has 0 aliphatic carbocycles. The van der Waals surface area contributed by atoms with E-state index in [2.05, 4.69) is 5.32 Å². The van der Waals surface area contributed by atoms with Crippen LogP contribution in [0.1, 0.15) is 12.8 Å². The highest BCUT2D eigenvalue weighted by molar-refractivity contribution is 5.51. The van der Waals surface area contributed by atoms with Crippen molar-refractivity contribution in [3.8, 4) is 0 Å². The summed E-state index contributed by atoms with van der Waals surface area (Å²) in [7, 11) is 0. The number of aliphatic hydroxyl groups is 1. The Labute approximate surface area is 53.4 Å². The van der Waals surface area contributed by atoms with Crippen molar-refractivity contribution in [3.63, 3.8) is 0 Å². The second-order valence-electron chi connectivity index (χ2n) is 2.15. The lowest BCUT2D eigenvalue weighted by atomic mass is 10.1. The molecular formula is C6H9NO2. The smallest absolute Gasteiger partial charge is 0.145 e. The molecule has 2 N–H and O–H groups in total. The van der Waals surface area contributed by atoms with Gasteiger partial charge in [-0.15, -0.1) is 0 Å². The summed E-state index contributed by atoms with van der Waals surface area (Å²) in [6.45, 7) is 0.686. The van der Waals surface area contributed by atoms with Crippen LogP contribution in [0.25, 0.3) is 0 Å². The van der Waals surface area contributed by atoms with Gasteiger partial charge in [0.1, 0.15) is 5.94 Å². The summed E-state index contributed by atoms with van der Waals surface area (Å²) in [4.78, 5) is 9.97. The average Bonchev–Trinajstić information content (AvgIpc) is 1.88. The van der Waals surface area contributed by atoms with E-state index in [9.17, 15) is 4.79 Å². The van der Waals surface area contributed by atoms with Gasteiger partial charge in [-0.3, -0.25) is 0 Å². The molecule has 1 aliphatic heterocycles. The first-order valence-corrected chi connectivity index (χ1v) is 2.99. The summed E-state index contributed by atoms with van der Waals surface area (Å²) in [5.74, 6) is 1.73. The number of hydrogen-bond acceptors (Lipinski definition) is 3. The molecule has 1 atom stereocenters. The van der Waals surface area contributed by atoms with Gasteiger partial charge in [-0.25, -0.2) is 4.79 Å². The highest BCUT2D eigenvalue weighted by atomic mass is 16.3. The molecule has 0 aromatic heterocycles. The minimum atomic E-state index is -0.345. The lowest BCUT2D eigenvalue weighted by Gasteiger charge is -2.18. The first-order chi connectivity index (χ1) is 4.33. The second kappa shape index (κ2) is 2.67. The van der Waals surface area contributed by atoms with Crippen LogP contribution in [0, 0.1) is 0 Å². The summed E-state index contributed by atoms with van der Waals surface area (Å²) in [6.07, 6.45) is 0.817. The van der Waals surface area contributed by atoms with Gasteiger partial charge in [-0.2, -0.15) is 0 Å². The molecule has 0 saturated carbocycles. The minimum Gasteiger partial charge on any atom is -0.393 e. The van der Waals surface area contributed by atoms with Crippen molar-refractivity contribution < 1.29 is 9.90 Å². The van der Waals surface area contributed by atoms with Crippen LogP contribution in [0.15, 0.2) is 5.70 Å². The van der Waals surface area contributed by atoms with Gasteiger partial charge in [-0.05, 0) is 6.42 Å². The maximum absolute atomic E-state index is 9.97. The van der Waals surface area contributed by atoms with Gasteiger partial charge >= 0.3 is 0 Å². The summed E-state index contributed by atoms with van der Waals surface area (Å²) >= 11 is 0. The molecule has 0 aromatic carbocycles. The minimum absolute atomic E-state index is 0.345. The Bertz CT molecular complexity index is 149. The van der Waals surface area contributed by atoms with Gasteiger partial charge < -0.3 is 10.4 Å². The van der Waals surface area contributed by atoms with Gasteiger partial charge in [0.25, 0.3) is 0 Å². The van der Waals surface area contributed by atoms with Gasteiger partial charge in [-0.1, -0.05) is 0 Å². The molecule has 1 fully saturated rings. The van der Waals surface area contributed by atoms with Gasteiger partial charge in [0.05, 0.1) is 11.8 Å². The van der Waals surface area contributed by atoms with Crippen molar-refractivity contribution in [1.82, 2.24) is 5.32 Å². The predicted octanol–water partition coefficient (Wildman–Crippen LogP) is -0.554. The van der Waals surface area contributed by atoms with Crippen molar-refractivity contribution in [3.05, 3.63) is 5.70 Å². The zero-order valence-electron chi connectivity index (χ0n) is 5.05. The molecule has 1 heterocycles. The van der Waals surface area contributed by atoms with Crippen molar-refractivity contribution >= 4 is 5.94 Å². The maximum Gasteiger partial charge on any atom is 0.145 e. The Morgan fingerprint density at radius 2 is 2.56 bits per heavy atom. The number of hydrogen-bond donors (Lipinski definition) is 2. The molecule has 3 heteroatoms. The Morgan fingerprint density at radius 3 is 3.00 bits per heavy atom. The fourth-order valence-corrected chi connectivity index (χ4v) is 0.877. The number of rotatable bonds is 0. The maximum atomic E-state index is 9.97. The van der Waals surface area contributed by atoms with Crippen LogP contribution < -0.4 is 5.32 Å². The van der Waals surface area contributed by atoms with E-state index in [0.717, 1.165) is 6.42 Å². The largest absolute Gasteiger partial charge is 0.393 e. The first kappa shape index (κ1) is 6.33. The normalized spacial score (nSPS) is 26.8. The van der Waals surface area contributed by atoms with Crippen molar-refractivity contribution in [2.24, 2.45) is 0 Å². The van der Waals surface area contributed by atoms with E-state index in [-0.39, 0.29) is 6.10 Å². The number of carbonyl (C=O) groups excluding carboxylic acids is 1. The second-order valence-corrected chi connectivity index (χ2v) is 2.15. The molecule has 0 spiro atoms. The third-order valence-corrected chi connectivity index (χ3v) is 1.38. The lowest BCUT2D eigenvalue weighted by molar-refractivity contribution is 0.151. The monoisotopic (exact) mass is 127 g/mol. The van der Waals surface area contributed by atoms with Crippen LogP contribution in [-0.2, 0) is 4.79 Å². The summed E-state index contributed by atoms with van der Waals surface area (Å²) < 4.78 is 0. The first-order valence-electron chi connectivity index (χ1n) is 2.99. The number of piperidine rings is 1. The molecule has 0 aromatic rings. The van der Waals surface area contributed by atoms with Crippen LogP contribution >= 0.6 is 0 Å². The Hall–Kier alpha value is -0.790. The molecule has 1 rings (SSSR count). The molecule has 3 nitrogen and oxygen atoms in total. The van der Waals surface area contributed by atoms with Crippen LogP contribution in [0.4, 0.5) is 0 Å². The Kier molecular flexibility index (Phi) is 1.88. The van der Waals surface area contributed by atoms with E-state index >= 15 is 0 Å². The van der Waals surface area contributed by atoms with Crippen molar-refractivity contribution in [1.29, 1.82) is 0 Å². The van der Waals surface area contributed by atoms with E-state index in [1.165, 1.54) is 0 Å². The molecule has 0 amide bonds. The molecule has 1 saturated heterocycles. The topological polar surface area (TPSA) is 49.3 Å². The predicted molar refractivity (Wildman–Crippen MR) is 32.4 cm³/mol. The molecule has 0 radical (unpaired) electrons. The van der Waals surface area contributed by atoms with E-state index in [4.69, 9.17) is 5.11 Å². The molecule has 50 valence electrons. The zero-order valence-corrected chi connectivity index (χ0v) is 5.05. The number of nitrogens with one attached hydrogen (secondary N) is 1. The molecule has 0 bridgehead atoms. The van der Waals surface area contributed by atoms with E-state index in [0.29, 0.717) is 18.7 Å². The summed E-state index contributed by atoms with van der Waals surface area (Å²) in [5, 5.41) is 11.8.